The van der Waals surface area contributed by atoms with E-state index in [0.717, 1.165) is 4.88 Å². The summed E-state index contributed by atoms with van der Waals surface area (Å²) in [5.74, 6) is 0.257. The van der Waals surface area contributed by atoms with Gasteiger partial charge in [-0.05, 0) is 23.7 Å². The molecular formula is C6H7N2OS2+. The van der Waals surface area contributed by atoms with Crippen molar-refractivity contribution in [3.8, 4) is 0 Å². The lowest BCUT2D eigenvalue weighted by atomic mass is 10.5. The van der Waals surface area contributed by atoms with Crippen LogP contribution in [0, 0.1) is 0 Å². The highest BCUT2D eigenvalue weighted by Gasteiger charge is 2.09. The van der Waals surface area contributed by atoms with Crippen LogP contribution in [0.5, 0.6) is 0 Å². The number of ether oxygens (including phenoxy) is 1. The fraction of sp³-hybridized carbons (Fsp3) is 0. The minimum Gasteiger partial charge on any atom is -0.377 e. The molecular weight excluding hydrogens is 180 g/mol. The first-order valence-electron chi connectivity index (χ1n) is 2.83. The van der Waals surface area contributed by atoms with Gasteiger partial charge in [-0.3, -0.25) is 0 Å². The van der Waals surface area contributed by atoms with Crippen LogP contribution in [0.4, 0.5) is 0 Å². The van der Waals surface area contributed by atoms with Gasteiger partial charge < -0.3 is 10.5 Å². The molecule has 0 fully saturated rings. The van der Waals surface area contributed by atoms with Crippen molar-refractivity contribution >= 4 is 34.6 Å². The summed E-state index contributed by atoms with van der Waals surface area (Å²) in [5, 5.41) is 7.31. The molecule has 0 unspecified atom stereocenters. The standard InChI is InChI=1S/C6H6N2OS2/c7-5(9-6(8)10)4-2-1-3-11-4/h1-3,7H,(H2,8,10)/p+1. The van der Waals surface area contributed by atoms with Gasteiger partial charge in [0.05, 0.1) is 0 Å². The fourth-order valence-corrected chi connectivity index (χ4v) is 1.29. The SMILES string of the molecule is NC(=S)OC(=[NH2+])c1cccs1. The summed E-state index contributed by atoms with van der Waals surface area (Å²) in [4.78, 5) is 0.831. The molecule has 0 aliphatic heterocycles. The van der Waals surface area contributed by atoms with Crippen LogP contribution in [-0.2, 0) is 4.74 Å². The second-order valence-corrected chi connectivity index (χ2v) is 3.11. The van der Waals surface area contributed by atoms with Gasteiger partial charge in [-0.15, -0.1) is 11.3 Å². The van der Waals surface area contributed by atoms with Crippen molar-refractivity contribution in [2.24, 2.45) is 5.73 Å². The molecule has 0 aliphatic carbocycles. The van der Waals surface area contributed by atoms with Crippen molar-refractivity contribution in [2.75, 3.05) is 0 Å². The summed E-state index contributed by atoms with van der Waals surface area (Å²) in [6.07, 6.45) is 0. The molecule has 4 N–H and O–H groups in total. The fourth-order valence-electron chi connectivity index (χ4n) is 0.577. The Hall–Kier alpha value is -0.940. The van der Waals surface area contributed by atoms with Gasteiger partial charge in [-0.2, -0.15) is 0 Å². The Kier molecular flexibility index (Phi) is 2.56. The van der Waals surface area contributed by atoms with Gasteiger partial charge in [-0.1, -0.05) is 6.07 Å². The van der Waals surface area contributed by atoms with Crippen molar-refractivity contribution in [3.63, 3.8) is 0 Å². The molecule has 11 heavy (non-hydrogen) atoms. The van der Waals surface area contributed by atoms with Gasteiger partial charge in [0.1, 0.15) is 4.88 Å². The van der Waals surface area contributed by atoms with E-state index in [0.29, 0.717) is 0 Å². The van der Waals surface area contributed by atoms with Crippen molar-refractivity contribution in [1.82, 2.24) is 0 Å². The second-order valence-electron chi connectivity index (χ2n) is 1.76. The van der Waals surface area contributed by atoms with E-state index >= 15 is 0 Å². The number of nitrogens with two attached hydrogens (primary N) is 2. The third kappa shape index (κ3) is 2.28. The van der Waals surface area contributed by atoms with Crippen molar-refractivity contribution in [3.05, 3.63) is 22.4 Å². The monoisotopic (exact) mass is 187 g/mol. The molecule has 1 aromatic heterocycles. The minimum absolute atomic E-state index is 0.0594. The van der Waals surface area contributed by atoms with Crippen molar-refractivity contribution in [1.29, 1.82) is 0 Å². The van der Waals surface area contributed by atoms with Crippen LogP contribution in [0.25, 0.3) is 0 Å². The van der Waals surface area contributed by atoms with Gasteiger partial charge in [0, 0.05) is 0 Å². The summed E-state index contributed by atoms with van der Waals surface area (Å²) in [7, 11) is 0. The molecule has 3 nitrogen and oxygen atoms in total. The van der Waals surface area contributed by atoms with Crippen molar-refractivity contribution in [2.45, 2.75) is 0 Å². The predicted molar refractivity (Wildman–Crippen MR) is 48.2 cm³/mol. The van der Waals surface area contributed by atoms with Crippen LogP contribution in [0.2, 0.25) is 0 Å². The second kappa shape index (κ2) is 3.45. The molecule has 0 aromatic carbocycles. The molecule has 0 bridgehead atoms. The predicted octanol–water partition coefficient (Wildman–Crippen LogP) is -0.486. The largest absolute Gasteiger partial charge is 0.384 e. The Balaban J connectivity index is 2.64. The quantitative estimate of drug-likeness (QED) is 0.354. The van der Waals surface area contributed by atoms with Crippen LogP contribution in [-0.4, -0.2) is 11.1 Å². The highest BCUT2D eigenvalue weighted by atomic mass is 32.1. The maximum Gasteiger partial charge on any atom is 0.384 e. The molecule has 1 rings (SSSR count). The minimum atomic E-state index is -0.0594. The first-order valence-corrected chi connectivity index (χ1v) is 4.12. The van der Waals surface area contributed by atoms with Crippen LogP contribution >= 0.6 is 23.6 Å². The molecule has 0 spiro atoms. The van der Waals surface area contributed by atoms with Crippen LogP contribution in [0.3, 0.4) is 0 Å². The van der Waals surface area contributed by atoms with E-state index < -0.39 is 0 Å². The average Bonchev–Trinajstić information content (AvgIpc) is 2.35. The summed E-state index contributed by atoms with van der Waals surface area (Å²) in [6, 6.07) is 3.70. The van der Waals surface area contributed by atoms with E-state index in [1.54, 1.807) is 0 Å². The maximum absolute atomic E-state index is 5.48. The lowest BCUT2D eigenvalue weighted by molar-refractivity contribution is -0.130. The Bertz CT molecular complexity index is 268. The number of thiocarbonyl (C=S) groups is 1. The van der Waals surface area contributed by atoms with Crippen molar-refractivity contribution < 1.29 is 10.1 Å². The number of hydrogen-bond donors (Lipinski definition) is 2. The van der Waals surface area contributed by atoms with Crippen LogP contribution in [0.15, 0.2) is 17.5 Å². The molecule has 0 aliphatic rings. The zero-order chi connectivity index (χ0) is 8.27. The smallest absolute Gasteiger partial charge is 0.377 e. The molecule has 0 saturated carbocycles. The molecule has 5 heteroatoms. The van der Waals surface area contributed by atoms with E-state index in [9.17, 15) is 0 Å². The van der Waals surface area contributed by atoms with E-state index in [1.807, 2.05) is 17.5 Å². The van der Waals surface area contributed by atoms with Crippen LogP contribution < -0.4 is 11.1 Å². The van der Waals surface area contributed by atoms with Gasteiger partial charge in [0.15, 0.2) is 0 Å². The van der Waals surface area contributed by atoms with E-state index in [4.69, 9.17) is 15.9 Å². The summed E-state index contributed by atoms with van der Waals surface area (Å²) < 4.78 is 4.81. The Morgan fingerprint density at radius 1 is 1.73 bits per heavy atom. The third-order valence-corrected chi connectivity index (χ3v) is 1.94. The number of thiophene rings is 1. The molecule has 1 heterocycles. The number of rotatable bonds is 1. The van der Waals surface area contributed by atoms with Gasteiger partial charge in [0.25, 0.3) is 5.17 Å². The van der Waals surface area contributed by atoms with Crippen LogP contribution in [0.1, 0.15) is 4.88 Å². The van der Waals surface area contributed by atoms with E-state index in [-0.39, 0.29) is 11.1 Å². The summed E-state index contributed by atoms with van der Waals surface area (Å²) in [6.45, 7) is 0. The molecule has 0 atom stereocenters. The zero-order valence-electron chi connectivity index (χ0n) is 5.61. The first-order chi connectivity index (χ1) is 5.20. The summed E-state index contributed by atoms with van der Waals surface area (Å²) in [5.41, 5.74) is 5.11. The molecule has 0 radical (unpaired) electrons. The Morgan fingerprint density at radius 3 is 2.91 bits per heavy atom. The molecule has 0 saturated heterocycles. The Labute approximate surface area is 73.3 Å². The van der Waals surface area contributed by atoms with Gasteiger partial charge in [0.2, 0.25) is 0 Å². The average molecular weight is 187 g/mol. The lowest BCUT2D eigenvalue weighted by Crippen LogP contribution is -2.43. The number of hydrogen-bond acceptors (Lipinski definition) is 3. The molecule has 0 amide bonds. The van der Waals surface area contributed by atoms with Gasteiger partial charge in [-0.25, -0.2) is 5.41 Å². The zero-order valence-corrected chi connectivity index (χ0v) is 7.24. The maximum atomic E-state index is 5.48. The highest BCUT2D eigenvalue weighted by molar-refractivity contribution is 7.80. The lowest BCUT2D eigenvalue weighted by Gasteiger charge is -1.94. The van der Waals surface area contributed by atoms with E-state index in [1.165, 1.54) is 11.3 Å². The molecule has 1 aromatic rings. The topological polar surface area (TPSA) is 60.8 Å². The Morgan fingerprint density at radius 2 is 2.45 bits per heavy atom. The summed E-state index contributed by atoms with van der Waals surface area (Å²) >= 11 is 5.98. The third-order valence-electron chi connectivity index (χ3n) is 0.975. The van der Waals surface area contributed by atoms with E-state index in [2.05, 4.69) is 12.2 Å². The molecule has 58 valence electrons. The normalized spacial score (nSPS) is 9.09. The first kappa shape index (κ1) is 8.16. The van der Waals surface area contributed by atoms with Gasteiger partial charge >= 0.3 is 5.90 Å². The highest BCUT2D eigenvalue weighted by Crippen LogP contribution is 2.07.